The smallest absolute Gasteiger partial charge is 0.341 e. The molecule has 0 atom stereocenters. The van der Waals surface area contributed by atoms with E-state index in [1.54, 1.807) is 66.9 Å². The number of carbonyl (C=O) groups is 2. The Morgan fingerprint density at radius 3 is 1.30 bits per heavy atom. The van der Waals surface area contributed by atoms with E-state index in [-0.39, 0.29) is 22.8 Å². The molecule has 8 aromatic rings. The number of hydrogen-bond donors (Lipinski definition) is 3. The Kier molecular flexibility index (Phi) is 20.4. The van der Waals surface area contributed by atoms with Crippen LogP contribution in [0.25, 0.3) is 22.6 Å². The fourth-order valence-corrected chi connectivity index (χ4v) is 8.35. The van der Waals surface area contributed by atoms with Crippen LogP contribution < -0.4 is 28.4 Å². The molecule has 0 fully saturated rings. The first-order valence-corrected chi connectivity index (χ1v) is 25.7. The number of aryl methyl sites for hydroxylation is 2. The average Bonchev–Trinajstić information content (AvgIpc) is 4.20. The van der Waals surface area contributed by atoms with E-state index in [0.29, 0.717) is 108 Å². The van der Waals surface area contributed by atoms with Crippen LogP contribution in [-0.4, -0.2) is 71.1 Å². The predicted octanol–water partition coefficient (Wildman–Crippen LogP) is 13.9. The van der Waals surface area contributed by atoms with Crippen LogP contribution in [0.4, 0.5) is 0 Å². The van der Waals surface area contributed by atoms with Crippen LogP contribution >= 0.6 is 0 Å². The highest BCUT2D eigenvalue weighted by molar-refractivity contribution is 5.92. The van der Waals surface area contributed by atoms with Gasteiger partial charge in [0.15, 0.2) is 11.5 Å². The van der Waals surface area contributed by atoms with Gasteiger partial charge in [-0.15, -0.1) is 0 Å². The number of aromatic carboxylic acids is 1. The van der Waals surface area contributed by atoms with Gasteiger partial charge in [0, 0.05) is 48.2 Å². The Morgan fingerprint density at radius 1 is 0.494 bits per heavy atom. The average molecular weight is 1050 g/mol. The van der Waals surface area contributed by atoms with E-state index in [4.69, 9.17) is 42.2 Å². The number of methoxy groups -OCH3 is 1. The Labute approximate surface area is 447 Å². The van der Waals surface area contributed by atoms with Gasteiger partial charge in [-0.1, -0.05) is 87.2 Å². The number of carbonyl (C=O) groups excluding carboxylic acids is 1. The molecule has 0 saturated carbocycles. The first-order chi connectivity index (χ1) is 37.6. The van der Waals surface area contributed by atoms with Crippen molar-refractivity contribution in [2.75, 3.05) is 33.5 Å². The summed E-state index contributed by atoms with van der Waals surface area (Å²) in [7, 11) is 1.35. The van der Waals surface area contributed by atoms with Crippen molar-refractivity contribution in [2.45, 2.75) is 79.1 Å². The Bertz CT molecular complexity index is 3170. The van der Waals surface area contributed by atoms with Gasteiger partial charge in [0.05, 0.1) is 57.1 Å². The number of phenols is 2. The number of para-hydroxylation sites is 2. The maximum Gasteiger partial charge on any atom is 0.341 e. The van der Waals surface area contributed by atoms with Gasteiger partial charge in [-0.05, 0) is 97.5 Å². The molecule has 8 rings (SSSR count). The lowest BCUT2D eigenvalue weighted by Crippen LogP contribution is -2.08. The lowest BCUT2D eigenvalue weighted by molar-refractivity contribution is 0.0596. The summed E-state index contributed by atoms with van der Waals surface area (Å²) in [6.07, 6.45) is 9.02. The molecule has 0 aliphatic heterocycles. The van der Waals surface area contributed by atoms with E-state index in [1.807, 2.05) is 68.4 Å². The van der Waals surface area contributed by atoms with Crippen LogP contribution in [0.3, 0.4) is 0 Å². The van der Waals surface area contributed by atoms with Gasteiger partial charge >= 0.3 is 11.9 Å². The molecule has 6 aromatic carbocycles. The zero-order valence-corrected chi connectivity index (χ0v) is 43.9. The molecule has 0 radical (unpaired) electrons. The number of nitrogens with zero attached hydrogens (tertiary/aromatic N) is 2. The van der Waals surface area contributed by atoms with Crippen molar-refractivity contribution in [3.63, 3.8) is 0 Å². The summed E-state index contributed by atoms with van der Waals surface area (Å²) in [6.45, 7) is 9.86. The number of hydrogen-bond acceptors (Lipinski definition) is 15. The number of benzene rings is 6. The van der Waals surface area contributed by atoms with Crippen molar-refractivity contribution in [3.05, 3.63) is 167 Å². The summed E-state index contributed by atoms with van der Waals surface area (Å²) in [5.74, 6) is 4.23. The van der Waals surface area contributed by atoms with E-state index in [1.165, 1.54) is 19.4 Å². The van der Waals surface area contributed by atoms with Crippen molar-refractivity contribution in [1.82, 2.24) is 10.3 Å². The van der Waals surface area contributed by atoms with Gasteiger partial charge in [-0.2, -0.15) is 0 Å². The SMILES string of the molecule is CCCc1c(OCCCOc2cc(O)c(-c3ccno3)cc2CC)cccc1Oc1ccccc1C(=O)O.CCCc1c(OCCCOc2cc(O)c(-c3ccno3)cc2CC)cccc1Oc1ccccc1C(=O)OC. The van der Waals surface area contributed by atoms with Crippen LogP contribution in [0, 0.1) is 0 Å². The molecule has 3 N–H and O–H groups in total. The van der Waals surface area contributed by atoms with Gasteiger partial charge < -0.3 is 57.5 Å². The van der Waals surface area contributed by atoms with Gasteiger partial charge in [0.2, 0.25) is 0 Å². The van der Waals surface area contributed by atoms with Crippen molar-refractivity contribution in [3.8, 4) is 80.1 Å². The zero-order chi connectivity index (χ0) is 54.5. The highest BCUT2D eigenvalue weighted by Crippen LogP contribution is 2.39. The molecule has 0 aliphatic rings. The molecule has 2 aromatic heterocycles. The van der Waals surface area contributed by atoms with Crippen LogP contribution in [-0.2, 0) is 30.4 Å². The molecule has 77 heavy (non-hydrogen) atoms. The Balaban J connectivity index is 0.000000224. The molecule has 0 saturated heterocycles. The zero-order valence-electron chi connectivity index (χ0n) is 43.9. The van der Waals surface area contributed by atoms with Crippen LogP contribution in [0.15, 0.2) is 143 Å². The second kappa shape index (κ2) is 28.1. The molecule has 2 heterocycles. The summed E-state index contributed by atoms with van der Waals surface area (Å²) in [5, 5.41) is 37.8. The Morgan fingerprint density at radius 2 is 0.896 bits per heavy atom. The summed E-state index contributed by atoms with van der Waals surface area (Å²) in [4.78, 5) is 23.8. The quantitative estimate of drug-likeness (QED) is 0.0340. The lowest BCUT2D eigenvalue weighted by Gasteiger charge is -2.17. The summed E-state index contributed by atoms with van der Waals surface area (Å²) >= 11 is 0. The third-order valence-electron chi connectivity index (χ3n) is 12.2. The fraction of sp³-hybridized carbons (Fsp3) is 0.279. The summed E-state index contributed by atoms with van der Waals surface area (Å²) in [5.41, 5.74) is 5.35. The van der Waals surface area contributed by atoms with Crippen LogP contribution in [0.1, 0.15) is 96.3 Å². The molecule has 0 unspecified atom stereocenters. The highest BCUT2D eigenvalue weighted by atomic mass is 16.5. The topological polar surface area (TPSA) is 211 Å². The summed E-state index contributed by atoms with van der Waals surface area (Å²) < 4.78 is 51.6. The number of ether oxygens (including phenoxy) is 7. The first kappa shape index (κ1) is 55.8. The van der Waals surface area contributed by atoms with E-state index < -0.39 is 11.9 Å². The molecule has 16 nitrogen and oxygen atoms in total. The number of aromatic hydroxyl groups is 2. The highest BCUT2D eigenvalue weighted by Gasteiger charge is 2.20. The number of carboxylic acids is 1. The molecule has 402 valence electrons. The number of phenolic OH excluding ortho intramolecular Hbond substituents is 2. The van der Waals surface area contributed by atoms with Crippen LogP contribution in [0.5, 0.6) is 57.5 Å². The van der Waals surface area contributed by atoms with E-state index >= 15 is 0 Å². The first-order valence-electron chi connectivity index (χ1n) is 25.7. The van der Waals surface area contributed by atoms with Gasteiger partial charge in [-0.3, -0.25) is 0 Å². The third-order valence-corrected chi connectivity index (χ3v) is 12.2. The summed E-state index contributed by atoms with van der Waals surface area (Å²) in [6, 6.07) is 35.1. The largest absolute Gasteiger partial charge is 0.507 e. The number of rotatable bonds is 26. The normalized spacial score (nSPS) is 10.8. The van der Waals surface area contributed by atoms with E-state index in [0.717, 1.165) is 60.1 Å². The molecule has 16 heteroatoms. The standard InChI is InChI=1S/C31H33NO7.C30H31NO7/c1-4-10-22-26(13-8-14-27(22)38-28-12-7-6-11-23(28)31(34)35-3)36-17-9-18-37-30-20-25(33)24(19-21(30)5-2)29-15-16-32-39-29;1-3-9-21-25(12-7-13-26(21)37-27-11-6-5-10-22(27)30(33)34)35-16-8-17-36-29-19-24(32)23(18-20(29)4-2)28-14-15-31-38-28/h6-8,11-16,19-20,33H,4-5,9-10,17-18H2,1-3H3;5-7,10-15,18-19,32H,3-4,8-9,16-17H2,1-2H3,(H,33,34). The van der Waals surface area contributed by atoms with E-state index in [9.17, 15) is 24.9 Å². The number of aromatic nitrogens is 2. The van der Waals surface area contributed by atoms with Gasteiger partial charge in [-0.25, -0.2) is 9.59 Å². The third kappa shape index (κ3) is 14.7. The molecule has 0 spiro atoms. The maximum atomic E-state index is 12.2. The van der Waals surface area contributed by atoms with Crippen molar-refractivity contribution in [2.24, 2.45) is 0 Å². The Hall–Kier alpha value is -8.92. The minimum absolute atomic E-state index is 0.0655. The van der Waals surface area contributed by atoms with E-state index in [2.05, 4.69) is 24.2 Å². The predicted molar refractivity (Wildman–Crippen MR) is 289 cm³/mol. The maximum absolute atomic E-state index is 12.2. The van der Waals surface area contributed by atoms with Crippen molar-refractivity contribution in [1.29, 1.82) is 0 Å². The second-order valence-electron chi connectivity index (χ2n) is 17.5. The molecular formula is C61H64N2O14. The number of esters is 1. The fourth-order valence-electron chi connectivity index (χ4n) is 8.35. The minimum Gasteiger partial charge on any atom is -0.507 e. The van der Waals surface area contributed by atoms with Gasteiger partial charge in [0.1, 0.15) is 68.6 Å². The van der Waals surface area contributed by atoms with Crippen molar-refractivity contribution < 1.29 is 67.1 Å². The van der Waals surface area contributed by atoms with Crippen molar-refractivity contribution >= 4 is 11.9 Å². The van der Waals surface area contributed by atoms with Gasteiger partial charge in [0.25, 0.3) is 0 Å². The monoisotopic (exact) mass is 1050 g/mol. The molecule has 0 aliphatic carbocycles. The van der Waals surface area contributed by atoms with Crippen LogP contribution in [0.2, 0.25) is 0 Å². The minimum atomic E-state index is -1.04. The molecular weight excluding hydrogens is 985 g/mol. The molecule has 0 bridgehead atoms. The number of carboxylic acid groups (broad SMARTS) is 1. The second-order valence-corrected chi connectivity index (χ2v) is 17.5. The lowest BCUT2D eigenvalue weighted by atomic mass is 10.0. The molecule has 0 amide bonds.